The third-order valence-corrected chi connectivity index (χ3v) is 5.31. The molecule has 1 aliphatic rings. The van der Waals surface area contributed by atoms with E-state index in [2.05, 4.69) is 9.97 Å². The Morgan fingerprint density at radius 2 is 2.25 bits per heavy atom. The first-order valence-electron chi connectivity index (χ1n) is 7.94. The predicted octanol–water partition coefficient (Wildman–Crippen LogP) is 2.46. The molecule has 1 fully saturated rings. The molecule has 2 aromatic rings. The maximum absolute atomic E-state index is 12.6. The Labute approximate surface area is 144 Å². The Bertz CT molecular complexity index is 732. The van der Waals surface area contributed by atoms with Crippen LogP contribution in [-0.2, 0) is 16.0 Å². The molecule has 0 radical (unpaired) electrons. The lowest BCUT2D eigenvalue weighted by Gasteiger charge is -2.37. The molecule has 0 aromatic carbocycles. The van der Waals surface area contributed by atoms with Crippen LogP contribution in [0.5, 0.6) is 0 Å². The Morgan fingerprint density at radius 3 is 2.96 bits per heavy atom. The second kappa shape index (κ2) is 7.09. The van der Waals surface area contributed by atoms with Gasteiger partial charge >= 0.3 is 5.97 Å². The lowest BCUT2D eigenvalue weighted by atomic mass is 9.90. The summed E-state index contributed by atoms with van der Waals surface area (Å²) in [7, 11) is 0. The molecule has 1 N–H and O–H groups in total. The van der Waals surface area contributed by atoms with Crippen molar-refractivity contribution in [3.63, 3.8) is 0 Å². The molecule has 0 unspecified atom stereocenters. The van der Waals surface area contributed by atoms with E-state index < -0.39 is 11.9 Å². The number of carbonyl (C=O) groups excluding carboxylic acids is 1. The summed E-state index contributed by atoms with van der Waals surface area (Å²) in [5.74, 6) is -1.38. The van der Waals surface area contributed by atoms with Crippen molar-refractivity contribution < 1.29 is 14.7 Å². The summed E-state index contributed by atoms with van der Waals surface area (Å²) in [5.41, 5.74) is 1.49. The van der Waals surface area contributed by atoms with Crippen LogP contribution in [-0.4, -0.2) is 44.4 Å². The highest BCUT2D eigenvalue weighted by atomic mass is 32.1. The first kappa shape index (κ1) is 16.6. The zero-order valence-electron chi connectivity index (χ0n) is 13.4. The molecule has 2 aromatic heterocycles. The number of carboxylic acid groups (broad SMARTS) is 1. The lowest BCUT2D eigenvalue weighted by Crippen LogP contribution is -2.49. The molecule has 1 saturated heterocycles. The van der Waals surface area contributed by atoms with Gasteiger partial charge in [-0.1, -0.05) is 6.07 Å². The third-order valence-electron chi connectivity index (χ3n) is 4.39. The number of hydrogen-bond donors (Lipinski definition) is 1. The largest absolute Gasteiger partial charge is 0.481 e. The molecule has 126 valence electrons. The van der Waals surface area contributed by atoms with Crippen molar-refractivity contribution in [2.24, 2.45) is 5.92 Å². The summed E-state index contributed by atoms with van der Waals surface area (Å²) in [5, 5.41) is 11.9. The summed E-state index contributed by atoms with van der Waals surface area (Å²) < 4.78 is 0. The van der Waals surface area contributed by atoms with Crippen LogP contribution in [0.1, 0.15) is 25.5 Å². The van der Waals surface area contributed by atoms with Crippen molar-refractivity contribution in [1.82, 2.24) is 14.9 Å². The lowest BCUT2D eigenvalue weighted by molar-refractivity contribution is -0.148. The number of rotatable bonds is 4. The van der Waals surface area contributed by atoms with E-state index in [-0.39, 0.29) is 18.4 Å². The van der Waals surface area contributed by atoms with Gasteiger partial charge in [0.25, 0.3) is 0 Å². The molecule has 0 spiro atoms. The molecule has 0 aliphatic carbocycles. The molecular weight excluding hydrogens is 326 g/mol. The van der Waals surface area contributed by atoms with Gasteiger partial charge in [0.15, 0.2) is 0 Å². The average molecular weight is 345 g/mol. The van der Waals surface area contributed by atoms with Crippen molar-refractivity contribution in [1.29, 1.82) is 0 Å². The van der Waals surface area contributed by atoms with Gasteiger partial charge in [0, 0.05) is 24.2 Å². The summed E-state index contributed by atoms with van der Waals surface area (Å²) in [4.78, 5) is 34.3. The number of aliphatic carboxylic acids is 1. The van der Waals surface area contributed by atoms with Gasteiger partial charge in [-0.15, -0.1) is 11.3 Å². The highest BCUT2D eigenvalue weighted by Gasteiger charge is 2.35. The highest BCUT2D eigenvalue weighted by molar-refractivity contribution is 7.13. The van der Waals surface area contributed by atoms with Gasteiger partial charge in [-0.2, -0.15) is 0 Å². The minimum absolute atomic E-state index is 0.0636. The molecule has 1 amide bonds. The maximum atomic E-state index is 12.6. The number of piperidine rings is 1. The predicted molar refractivity (Wildman–Crippen MR) is 90.6 cm³/mol. The normalized spacial score (nSPS) is 20.8. The fourth-order valence-corrected chi connectivity index (χ4v) is 3.87. The van der Waals surface area contributed by atoms with E-state index >= 15 is 0 Å². The molecular formula is C17H19N3O3S. The van der Waals surface area contributed by atoms with E-state index in [0.29, 0.717) is 18.7 Å². The molecule has 3 rings (SSSR count). The van der Waals surface area contributed by atoms with Crippen molar-refractivity contribution in [2.75, 3.05) is 6.54 Å². The number of nitrogens with zero attached hydrogens (tertiary/aromatic N) is 3. The van der Waals surface area contributed by atoms with Crippen molar-refractivity contribution in [3.05, 3.63) is 35.5 Å². The number of carboxylic acids is 1. The molecule has 7 heteroatoms. The highest BCUT2D eigenvalue weighted by Crippen LogP contribution is 2.26. The summed E-state index contributed by atoms with van der Waals surface area (Å²) in [6.45, 7) is 2.43. The van der Waals surface area contributed by atoms with E-state index in [1.54, 1.807) is 11.1 Å². The Kier molecular flexibility index (Phi) is 4.89. The van der Waals surface area contributed by atoms with Gasteiger partial charge in [0.1, 0.15) is 5.01 Å². The number of amides is 1. The fraction of sp³-hybridized carbons (Fsp3) is 0.412. The van der Waals surface area contributed by atoms with Crippen LogP contribution in [0.25, 0.3) is 10.7 Å². The van der Waals surface area contributed by atoms with Crippen LogP contribution in [0.4, 0.5) is 0 Å². The molecule has 0 bridgehead atoms. The Morgan fingerprint density at radius 1 is 1.42 bits per heavy atom. The molecule has 0 saturated carbocycles. The van der Waals surface area contributed by atoms with Gasteiger partial charge < -0.3 is 10.0 Å². The van der Waals surface area contributed by atoms with Crippen molar-refractivity contribution in [2.45, 2.75) is 32.2 Å². The monoisotopic (exact) mass is 345 g/mol. The van der Waals surface area contributed by atoms with Crippen LogP contribution in [0.2, 0.25) is 0 Å². The topological polar surface area (TPSA) is 83.4 Å². The van der Waals surface area contributed by atoms with Gasteiger partial charge in [0.2, 0.25) is 5.91 Å². The third kappa shape index (κ3) is 3.46. The van der Waals surface area contributed by atoms with Crippen molar-refractivity contribution in [3.8, 4) is 10.7 Å². The maximum Gasteiger partial charge on any atom is 0.308 e. The molecule has 3 heterocycles. The molecule has 6 nitrogen and oxygen atoms in total. The number of pyridine rings is 1. The second-order valence-corrected chi connectivity index (χ2v) is 6.81. The van der Waals surface area contributed by atoms with E-state index in [1.165, 1.54) is 11.3 Å². The van der Waals surface area contributed by atoms with Gasteiger partial charge in [-0.3, -0.25) is 14.6 Å². The number of carbonyl (C=O) groups is 2. The summed E-state index contributed by atoms with van der Waals surface area (Å²) >= 11 is 1.46. The second-order valence-electron chi connectivity index (χ2n) is 5.95. The van der Waals surface area contributed by atoms with E-state index in [4.69, 9.17) is 0 Å². The molecule has 24 heavy (non-hydrogen) atoms. The minimum Gasteiger partial charge on any atom is -0.481 e. The minimum atomic E-state index is -0.828. The van der Waals surface area contributed by atoms with Gasteiger partial charge in [0.05, 0.1) is 23.7 Å². The Balaban J connectivity index is 1.69. The zero-order valence-corrected chi connectivity index (χ0v) is 14.2. The number of thiazole rings is 1. The molecule has 2 atom stereocenters. The quantitative estimate of drug-likeness (QED) is 0.920. The van der Waals surface area contributed by atoms with Gasteiger partial charge in [-0.25, -0.2) is 4.98 Å². The fourth-order valence-electron chi connectivity index (χ4n) is 3.08. The van der Waals surface area contributed by atoms with Crippen LogP contribution in [0.3, 0.4) is 0 Å². The van der Waals surface area contributed by atoms with E-state index in [0.717, 1.165) is 17.1 Å². The number of aromatic nitrogens is 2. The van der Waals surface area contributed by atoms with Crippen LogP contribution < -0.4 is 0 Å². The van der Waals surface area contributed by atoms with Crippen molar-refractivity contribution >= 4 is 23.2 Å². The first-order chi connectivity index (χ1) is 11.6. The first-order valence-corrected chi connectivity index (χ1v) is 8.82. The molecule has 1 aliphatic heterocycles. The van der Waals surface area contributed by atoms with Crippen LogP contribution in [0.15, 0.2) is 29.8 Å². The number of likely N-dealkylation sites (tertiary alicyclic amines) is 1. The number of hydrogen-bond acceptors (Lipinski definition) is 5. The van der Waals surface area contributed by atoms with Crippen LogP contribution >= 0.6 is 11.3 Å². The summed E-state index contributed by atoms with van der Waals surface area (Å²) in [6.07, 6.45) is 3.26. The van der Waals surface area contributed by atoms with Crippen LogP contribution in [0, 0.1) is 5.92 Å². The van der Waals surface area contributed by atoms with Gasteiger partial charge in [-0.05, 0) is 31.9 Å². The average Bonchev–Trinajstić information content (AvgIpc) is 3.04. The van der Waals surface area contributed by atoms with E-state index in [1.807, 2.05) is 30.5 Å². The smallest absolute Gasteiger partial charge is 0.308 e. The van der Waals surface area contributed by atoms with E-state index in [9.17, 15) is 14.7 Å². The zero-order chi connectivity index (χ0) is 17.1. The summed E-state index contributed by atoms with van der Waals surface area (Å²) in [6, 6.07) is 5.35. The SMILES string of the molecule is C[C@@H]1[C@H](C(=O)O)CCCN1C(=O)Cc1csc(-c2ccccn2)n1. The standard InChI is InChI=1S/C17H19N3O3S/c1-11-13(17(22)23)5-4-8-20(11)15(21)9-12-10-24-16(19-12)14-6-2-3-7-18-14/h2-3,6-7,10-11,13H,4-5,8-9H2,1H3,(H,22,23)/t11-,13-/m1/s1. The Hall–Kier alpha value is -2.28.